The van der Waals surface area contributed by atoms with Crippen LogP contribution >= 0.6 is 0 Å². The van der Waals surface area contributed by atoms with Gasteiger partial charge in [-0.15, -0.1) is 0 Å². The van der Waals surface area contributed by atoms with Crippen molar-refractivity contribution in [1.82, 2.24) is 10.6 Å². The monoisotopic (exact) mass is 377 g/mol. The van der Waals surface area contributed by atoms with Crippen LogP contribution in [0.2, 0.25) is 0 Å². The van der Waals surface area contributed by atoms with E-state index in [4.69, 9.17) is 4.74 Å². The Balaban J connectivity index is 1.95. The third-order valence-corrected chi connectivity index (χ3v) is 4.48. The highest BCUT2D eigenvalue weighted by atomic mass is 16.6. The Morgan fingerprint density at radius 1 is 1.22 bits per heavy atom. The van der Waals surface area contributed by atoms with Crippen molar-refractivity contribution in [2.75, 3.05) is 0 Å². The molecular weight excluding hydrogens is 354 g/mol. The van der Waals surface area contributed by atoms with Gasteiger partial charge in [-0.2, -0.15) is 0 Å². The zero-order valence-electron chi connectivity index (χ0n) is 15.3. The van der Waals surface area contributed by atoms with Crippen LogP contribution in [0.3, 0.4) is 0 Å². The number of amides is 3. The number of carbonyl (C=O) groups is 3. The lowest BCUT2D eigenvalue weighted by atomic mass is 9.96. The highest BCUT2D eigenvalue weighted by Crippen LogP contribution is 2.23. The second kappa shape index (κ2) is 9.11. The molecule has 0 aromatic heterocycles. The zero-order valence-corrected chi connectivity index (χ0v) is 15.3. The summed E-state index contributed by atoms with van der Waals surface area (Å²) in [6, 6.07) is 3.56. The summed E-state index contributed by atoms with van der Waals surface area (Å²) in [4.78, 5) is 46.7. The molecule has 0 bridgehead atoms. The molecule has 1 aromatic carbocycles. The summed E-state index contributed by atoms with van der Waals surface area (Å²) in [7, 11) is 0. The Morgan fingerprint density at radius 3 is 2.52 bits per heavy atom. The molecule has 2 N–H and O–H groups in total. The van der Waals surface area contributed by atoms with Crippen LogP contribution in [0.5, 0.6) is 0 Å². The predicted octanol–water partition coefficient (Wildman–Crippen LogP) is 2.61. The first-order chi connectivity index (χ1) is 12.8. The van der Waals surface area contributed by atoms with Crippen molar-refractivity contribution in [2.45, 2.75) is 58.1 Å². The van der Waals surface area contributed by atoms with Crippen LogP contribution in [0.4, 0.5) is 10.5 Å². The van der Waals surface area contributed by atoms with Crippen LogP contribution in [0.1, 0.15) is 54.9 Å². The van der Waals surface area contributed by atoms with Crippen LogP contribution < -0.4 is 10.6 Å². The average Bonchev–Trinajstić information content (AvgIpc) is 2.61. The molecule has 0 radical (unpaired) electrons. The van der Waals surface area contributed by atoms with Crippen LogP contribution in [-0.2, 0) is 9.53 Å². The second-order valence-electron chi connectivity index (χ2n) is 6.57. The maximum Gasteiger partial charge on any atom is 0.346 e. The number of rotatable bonds is 5. The molecule has 3 amide bonds. The lowest BCUT2D eigenvalue weighted by Gasteiger charge is -2.23. The number of imide groups is 1. The highest BCUT2D eigenvalue weighted by Gasteiger charge is 2.28. The van der Waals surface area contributed by atoms with Crippen molar-refractivity contribution in [2.24, 2.45) is 0 Å². The number of benzene rings is 1. The summed E-state index contributed by atoms with van der Waals surface area (Å²) < 4.78 is 5.03. The third kappa shape index (κ3) is 5.50. The van der Waals surface area contributed by atoms with Gasteiger partial charge in [0.2, 0.25) is 0 Å². The van der Waals surface area contributed by atoms with Gasteiger partial charge in [0.1, 0.15) is 5.56 Å². The maximum absolute atomic E-state index is 12.3. The predicted molar refractivity (Wildman–Crippen MR) is 96.3 cm³/mol. The molecule has 1 fully saturated rings. The number of aryl methyl sites for hydroxylation is 1. The molecule has 0 aliphatic heterocycles. The van der Waals surface area contributed by atoms with Crippen LogP contribution in [0, 0.1) is 17.0 Å². The SMILES string of the molecule is Cc1cccc([N+](=O)[O-])c1C(=O)OC(C)C(=O)NC(=O)NC1CCCCC1. The fourth-order valence-electron chi connectivity index (χ4n) is 3.02. The van der Waals surface area contributed by atoms with E-state index in [1.807, 2.05) is 0 Å². The minimum Gasteiger partial charge on any atom is -0.449 e. The molecule has 1 saturated carbocycles. The molecule has 1 aromatic rings. The van der Waals surface area contributed by atoms with E-state index in [0.717, 1.165) is 32.1 Å². The van der Waals surface area contributed by atoms with Gasteiger partial charge in [0.25, 0.3) is 11.6 Å². The Labute approximate surface area is 156 Å². The standard InChI is InChI=1S/C18H23N3O6/c1-11-7-6-10-14(21(25)26)15(11)17(23)27-12(2)16(22)20-18(24)19-13-8-4-3-5-9-13/h6-7,10,12-13H,3-5,8-9H2,1-2H3,(H2,19,20,22,24). The number of nitrogens with one attached hydrogen (secondary N) is 2. The van der Waals surface area contributed by atoms with Crippen LogP contribution in [0.25, 0.3) is 0 Å². The number of nitro groups is 1. The molecule has 146 valence electrons. The van der Waals surface area contributed by atoms with Gasteiger partial charge in [-0.1, -0.05) is 31.4 Å². The van der Waals surface area contributed by atoms with Crippen molar-refractivity contribution in [3.63, 3.8) is 0 Å². The lowest BCUT2D eigenvalue weighted by molar-refractivity contribution is -0.385. The number of ether oxygens (including phenoxy) is 1. The molecule has 1 aliphatic rings. The van der Waals surface area contributed by atoms with Crippen molar-refractivity contribution < 1.29 is 24.0 Å². The molecule has 0 spiro atoms. The van der Waals surface area contributed by atoms with Gasteiger partial charge in [0.05, 0.1) is 4.92 Å². The summed E-state index contributed by atoms with van der Waals surface area (Å²) in [6.45, 7) is 2.83. The summed E-state index contributed by atoms with van der Waals surface area (Å²) in [5, 5.41) is 16.0. The Morgan fingerprint density at radius 2 is 1.89 bits per heavy atom. The van der Waals surface area contributed by atoms with Crippen LogP contribution in [-0.4, -0.2) is 35.0 Å². The zero-order chi connectivity index (χ0) is 20.0. The smallest absolute Gasteiger partial charge is 0.346 e. The van der Waals surface area contributed by atoms with E-state index in [9.17, 15) is 24.5 Å². The van der Waals surface area contributed by atoms with Crippen molar-refractivity contribution in [3.05, 3.63) is 39.4 Å². The molecule has 0 saturated heterocycles. The minimum absolute atomic E-state index is 0.0269. The van der Waals surface area contributed by atoms with E-state index in [0.29, 0.717) is 5.56 Å². The van der Waals surface area contributed by atoms with Gasteiger partial charge in [-0.05, 0) is 32.3 Å². The lowest BCUT2D eigenvalue weighted by Crippen LogP contribution is -2.48. The van der Waals surface area contributed by atoms with E-state index in [1.165, 1.54) is 32.0 Å². The largest absolute Gasteiger partial charge is 0.449 e. The average molecular weight is 377 g/mol. The Hall–Kier alpha value is -2.97. The number of carbonyl (C=O) groups excluding carboxylic acids is 3. The molecule has 1 atom stereocenters. The summed E-state index contributed by atoms with van der Waals surface area (Å²) in [6.07, 6.45) is 3.64. The Kier molecular flexibility index (Phi) is 6.86. The second-order valence-corrected chi connectivity index (χ2v) is 6.57. The first-order valence-electron chi connectivity index (χ1n) is 8.86. The molecule has 0 heterocycles. The van der Waals surface area contributed by atoms with Gasteiger partial charge < -0.3 is 10.1 Å². The highest BCUT2D eigenvalue weighted by molar-refractivity contribution is 6.00. The van der Waals surface area contributed by atoms with E-state index < -0.39 is 34.6 Å². The van der Waals surface area contributed by atoms with Crippen molar-refractivity contribution >= 4 is 23.6 Å². The fourth-order valence-corrected chi connectivity index (χ4v) is 3.02. The summed E-state index contributed by atoms with van der Waals surface area (Å²) in [5.41, 5.74) is -0.256. The van der Waals surface area contributed by atoms with Gasteiger partial charge in [-0.3, -0.25) is 20.2 Å². The van der Waals surface area contributed by atoms with Gasteiger partial charge in [-0.25, -0.2) is 9.59 Å². The third-order valence-electron chi connectivity index (χ3n) is 4.48. The topological polar surface area (TPSA) is 128 Å². The number of nitrogens with zero attached hydrogens (tertiary/aromatic N) is 1. The molecule has 1 unspecified atom stereocenters. The molecule has 9 nitrogen and oxygen atoms in total. The van der Waals surface area contributed by atoms with E-state index >= 15 is 0 Å². The van der Waals surface area contributed by atoms with Gasteiger partial charge >= 0.3 is 12.0 Å². The van der Waals surface area contributed by atoms with E-state index in [2.05, 4.69) is 10.6 Å². The molecule has 1 aliphatic carbocycles. The van der Waals surface area contributed by atoms with Gasteiger partial charge in [0.15, 0.2) is 6.10 Å². The van der Waals surface area contributed by atoms with Crippen molar-refractivity contribution in [3.8, 4) is 0 Å². The van der Waals surface area contributed by atoms with Crippen molar-refractivity contribution in [1.29, 1.82) is 0 Å². The minimum atomic E-state index is -1.28. The molecule has 9 heteroatoms. The normalized spacial score (nSPS) is 15.5. The van der Waals surface area contributed by atoms with E-state index in [1.54, 1.807) is 0 Å². The number of urea groups is 1. The summed E-state index contributed by atoms with van der Waals surface area (Å²) in [5.74, 6) is -1.79. The van der Waals surface area contributed by atoms with Gasteiger partial charge in [0, 0.05) is 12.1 Å². The number of hydrogen-bond acceptors (Lipinski definition) is 6. The fraction of sp³-hybridized carbons (Fsp3) is 0.500. The first-order valence-corrected chi connectivity index (χ1v) is 8.86. The number of esters is 1. The quantitative estimate of drug-likeness (QED) is 0.461. The Bertz CT molecular complexity index is 743. The molecule has 2 rings (SSSR count). The maximum atomic E-state index is 12.3. The first kappa shape index (κ1) is 20.3. The molecule has 27 heavy (non-hydrogen) atoms. The van der Waals surface area contributed by atoms with Crippen LogP contribution in [0.15, 0.2) is 18.2 Å². The summed E-state index contributed by atoms with van der Waals surface area (Å²) >= 11 is 0. The number of hydrogen-bond donors (Lipinski definition) is 2. The molecular formula is C18H23N3O6. The van der Waals surface area contributed by atoms with E-state index in [-0.39, 0.29) is 11.6 Å². The number of nitro benzene ring substituents is 1.